The van der Waals surface area contributed by atoms with E-state index in [1.807, 2.05) is 0 Å². The molecule has 2 rings (SSSR count). The summed E-state index contributed by atoms with van der Waals surface area (Å²) in [7, 11) is 1.52. The number of carbonyl (C=O) groups is 1. The maximum absolute atomic E-state index is 13.8. The third-order valence-corrected chi connectivity index (χ3v) is 3.10. The SMILES string of the molecule is COc1ccc(-c2cc(Br)ccc2F)c(C=O)c1. The molecule has 0 saturated heterocycles. The predicted octanol–water partition coefficient (Wildman–Crippen LogP) is 4.08. The molecule has 2 aromatic carbocycles. The van der Waals surface area contributed by atoms with Crippen molar-refractivity contribution >= 4 is 22.2 Å². The molecule has 0 heterocycles. The fourth-order valence-corrected chi connectivity index (χ4v) is 2.08. The van der Waals surface area contributed by atoms with Gasteiger partial charge in [-0.1, -0.05) is 15.9 Å². The topological polar surface area (TPSA) is 26.3 Å². The van der Waals surface area contributed by atoms with Crippen molar-refractivity contribution in [1.82, 2.24) is 0 Å². The van der Waals surface area contributed by atoms with E-state index in [2.05, 4.69) is 15.9 Å². The molecule has 18 heavy (non-hydrogen) atoms. The van der Waals surface area contributed by atoms with Crippen LogP contribution in [0.2, 0.25) is 0 Å². The van der Waals surface area contributed by atoms with Crippen LogP contribution >= 0.6 is 15.9 Å². The molecule has 2 nitrogen and oxygen atoms in total. The second kappa shape index (κ2) is 5.31. The van der Waals surface area contributed by atoms with Crippen molar-refractivity contribution in [2.45, 2.75) is 0 Å². The normalized spacial score (nSPS) is 10.2. The first kappa shape index (κ1) is 12.8. The summed E-state index contributed by atoms with van der Waals surface area (Å²) < 4.78 is 19.6. The summed E-state index contributed by atoms with van der Waals surface area (Å²) in [6, 6.07) is 9.57. The Morgan fingerprint density at radius 2 is 1.94 bits per heavy atom. The van der Waals surface area contributed by atoms with Crippen molar-refractivity contribution < 1.29 is 13.9 Å². The van der Waals surface area contributed by atoms with E-state index >= 15 is 0 Å². The molecule has 0 amide bonds. The molecule has 4 heteroatoms. The zero-order valence-electron chi connectivity index (χ0n) is 9.61. The van der Waals surface area contributed by atoms with Crippen LogP contribution in [-0.2, 0) is 0 Å². The van der Waals surface area contributed by atoms with Crippen molar-refractivity contribution in [2.75, 3.05) is 7.11 Å². The monoisotopic (exact) mass is 308 g/mol. The molecule has 0 N–H and O–H groups in total. The standard InChI is InChI=1S/C14H10BrFO2/c1-18-11-3-4-12(9(6-11)8-17)13-7-10(15)2-5-14(13)16/h2-8H,1H3. The average molecular weight is 309 g/mol. The second-order valence-electron chi connectivity index (χ2n) is 3.70. The molecule has 0 aromatic heterocycles. The fourth-order valence-electron chi connectivity index (χ4n) is 1.71. The highest BCUT2D eigenvalue weighted by molar-refractivity contribution is 9.10. The quantitative estimate of drug-likeness (QED) is 0.799. The summed E-state index contributed by atoms with van der Waals surface area (Å²) in [4.78, 5) is 11.1. The third-order valence-electron chi connectivity index (χ3n) is 2.60. The van der Waals surface area contributed by atoms with Crippen LogP contribution in [0.25, 0.3) is 11.1 Å². The van der Waals surface area contributed by atoms with Crippen molar-refractivity contribution in [2.24, 2.45) is 0 Å². The Bertz CT molecular complexity index is 596. The smallest absolute Gasteiger partial charge is 0.150 e. The maximum atomic E-state index is 13.8. The minimum Gasteiger partial charge on any atom is -0.497 e. The molecule has 0 aliphatic heterocycles. The van der Waals surface area contributed by atoms with Gasteiger partial charge in [0, 0.05) is 15.6 Å². The van der Waals surface area contributed by atoms with Gasteiger partial charge in [-0.2, -0.15) is 0 Å². The highest BCUT2D eigenvalue weighted by Gasteiger charge is 2.11. The molecule has 0 saturated carbocycles. The van der Waals surface area contributed by atoms with Crippen LogP contribution in [0.1, 0.15) is 10.4 Å². The first-order valence-electron chi connectivity index (χ1n) is 5.24. The van der Waals surface area contributed by atoms with E-state index in [0.29, 0.717) is 28.7 Å². The van der Waals surface area contributed by atoms with E-state index in [-0.39, 0.29) is 5.82 Å². The Morgan fingerprint density at radius 1 is 1.17 bits per heavy atom. The number of benzene rings is 2. The molecular weight excluding hydrogens is 299 g/mol. The number of aldehydes is 1. The molecule has 0 unspecified atom stereocenters. The molecule has 0 fully saturated rings. The molecule has 92 valence electrons. The first-order valence-corrected chi connectivity index (χ1v) is 6.03. The van der Waals surface area contributed by atoms with Gasteiger partial charge >= 0.3 is 0 Å². The van der Waals surface area contributed by atoms with Crippen molar-refractivity contribution in [1.29, 1.82) is 0 Å². The van der Waals surface area contributed by atoms with E-state index in [9.17, 15) is 9.18 Å². The summed E-state index contributed by atoms with van der Waals surface area (Å²) in [6.45, 7) is 0. The van der Waals surface area contributed by atoms with Crippen LogP contribution in [0.4, 0.5) is 4.39 Å². The lowest BCUT2D eigenvalue weighted by molar-refractivity contribution is 0.112. The van der Waals surface area contributed by atoms with Crippen LogP contribution in [0.15, 0.2) is 40.9 Å². The van der Waals surface area contributed by atoms with E-state index in [1.165, 1.54) is 13.2 Å². The summed E-state index contributed by atoms with van der Waals surface area (Å²) in [5.74, 6) is 0.197. The fraction of sp³-hybridized carbons (Fsp3) is 0.0714. The molecule has 0 aliphatic rings. The zero-order valence-corrected chi connectivity index (χ0v) is 11.2. The number of carbonyl (C=O) groups excluding carboxylic acids is 1. The van der Waals surface area contributed by atoms with Crippen LogP contribution < -0.4 is 4.74 Å². The largest absolute Gasteiger partial charge is 0.497 e. The van der Waals surface area contributed by atoms with Gasteiger partial charge in [-0.05, 0) is 42.0 Å². The van der Waals surface area contributed by atoms with Crippen LogP contribution in [0.5, 0.6) is 5.75 Å². The van der Waals surface area contributed by atoms with Gasteiger partial charge in [0.05, 0.1) is 7.11 Å². The van der Waals surface area contributed by atoms with Crippen LogP contribution in [-0.4, -0.2) is 13.4 Å². The van der Waals surface area contributed by atoms with E-state index < -0.39 is 0 Å². The highest BCUT2D eigenvalue weighted by atomic mass is 79.9. The van der Waals surface area contributed by atoms with E-state index in [0.717, 1.165) is 4.47 Å². The number of rotatable bonds is 3. The summed E-state index contributed by atoms with van der Waals surface area (Å²) in [5.41, 5.74) is 1.32. The van der Waals surface area contributed by atoms with Gasteiger partial charge in [-0.15, -0.1) is 0 Å². The highest BCUT2D eigenvalue weighted by Crippen LogP contribution is 2.30. The lowest BCUT2D eigenvalue weighted by Gasteiger charge is -2.09. The Morgan fingerprint density at radius 3 is 2.61 bits per heavy atom. The van der Waals surface area contributed by atoms with Gasteiger partial charge in [0.25, 0.3) is 0 Å². The van der Waals surface area contributed by atoms with Gasteiger partial charge < -0.3 is 4.74 Å². The van der Waals surface area contributed by atoms with E-state index in [4.69, 9.17) is 4.74 Å². The van der Waals surface area contributed by atoms with Gasteiger partial charge in [0.2, 0.25) is 0 Å². The number of halogens is 2. The minimum absolute atomic E-state index is 0.369. The summed E-state index contributed by atoms with van der Waals surface area (Å²) in [5, 5.41) is 0. The number of ether oxygens (including phenoxy) is 1. The molecule has 0 aliphatic carbocycles. The first-order chi connectivity index (χ1) is 8.65. The van der Waals surface area contributed by atoms with Crippen molar-refractivity contribution in [3.8, 4) is 16.9 Å². The Labute approximate surface area is 113 Å². The van der Waals surface area contributed by atoms with E-state index in [1.54, 1.807) is 30.3 Å². The van der Waals surface area contributed by atoms with Crippen LogP contribution in [0, 0.1) is 5.82 Å². The lowest BCUT2D eigenvalue weighted by Crippen LogP contribution is -1.93. The number of hydrogen-bond acceptors (Lipinski definition) is 2. The number of hydrogen-bond donors (Lipinski definition) is 0. The summed E-state index contributed by atoms with van der Waals surface area (Å²) in [6.07, 6.45) is 0.693. The third kappa shape index (κ3) is 2.43. The van der Waals surface area contributed by atoms with Crippen molar-refractivity contribution in [3.63, 3.8) is 0 Å². The zero-order chi connectivity index (χ0) is 13.1. The molecular formula is C14H10BrFO2. The average Bonchev–Trinajstić information content (AvgIpc) is 2.41. The minimum atomic E-state index is -0.369. The Balaban J connectivity index is 2.63. The Hall–Kier alpha value is -1.68. The van der Waals surface area contributed by atoms with Gasteiger partial charge in [0.1, 0.15) is 11.6 Å². The number of methoxy groups -OCH3 is 1. The molecule has 2 aromatic rings. The van der Waals surface area contributed by atoms with Gasteiger partial charge in [-0.3, -0.25) is 4.79 Å². The maximum Gasteiger partial charge on any atom is 0.150 e. The van der Waals surface area contributed by atoms with Crippen molar-refractivity contribution in [3.05, 3.63) is 52.3 Å². The van der Waals surface area contributed by atoms with Gasteiger partial charge in [0.15, 0.2) is 6.29 Å². The van der Waals surface area contributed by atoms with Gasteiger partial charge in [-0.25, -0.2) is 4.39 Å². The molecule has 0 spiro atoms. The predicted molar refractivity (Wildman–Crippen MR) is 71.5 cm³/mol. The molecule has 0 atom stereocenters. The summed E-state index contributed by atoms with van der Waals surface area (Å²) >= 11 is 3.29. The van der Waals surface area contributed by atoms with Crippen LogP contribution in [0.3, 0.4) is 0 Å². The lowest BCUT2D eigenvalue weighted by atomic mass is 9.99. The Kier molecular flexibility index (Phi) is 3.77. The molecule has 0 radical (unpaired) electrons. The molecule has 0 bridgehead atoms. The second-order valence-corrected chi connectivity index (χ2v) is 4.61.